The fraction of sp³-hybridized carbons (Fsp3) is 0.368. The topological polar surface area (TPSA) is 55.8 Å². The normalized spacial score (nSPS) is 18.9. The van der Waals surface area contributed by atoms with Crippen LogP contribution in [0, 0.1) is 6.92 Å². The van der Waals surface area contributed by atoms with E-state index in [2.05, 4.69) is 11.8 Å². The molecule has 0 unspecified atom stereocenters. The van der Waals surface area contributed by atoms with E-state index in [0.29, 0.717) is 12.4 Å². The molecule has 2 aromatic rings. The first kappa shape index (κ1) is 17.9. The van der Waals surface area contributed by atoms with Gasteiger partial charge in [-0.25, -0.2) is 0 Å². The highest BCUT2D eigenvalue weighted by molar-refractivity contribution is 7.87. The Kier molecular flexibility index (Phi) is 5.42. The van der Waals surface area contributed by atoms with Gasteiger partial charge in [-0.2, -0.15) is 8.42 Å². The molecule has 25 heavy (non-hydrogen) atoms. The van der Waals surface area contributed by atoms with Gasteiger partial charge in [-0.1, -0.05) is 36.8 Å². The van der Waals surface area contributed by atoms with Gasteiger partial charge >= 0.3 is 10.1 Å². The van der Waals surface area contributed by atoms with Crippen LogP contribution in [0.5, 0.6) is 5.75 Å². The molecule has 0 aliphatic carbocycles. The minimum atomic E-state index is -3.82. The number of rotatable bonds is 5. The summed E-state index contributed by atoms with van der Waals surface area (Å²) in [5.74, 6) is 0.299. The van der Waals surface area contributed by atoms with Crippen LogP contribution in [-0.4, -0.2) is 39.6 Å². The molecule has 1 atom stereocenters. The monoisotopic (exact) mass is 361 g/mol. The molecule has 1 heterocycles. The summed E-state index contributed by atoms with van der Waals surface area (Å²) in [6.07, 6.45) is 0.0106. The summed E-state index contributed by atoms with van der Waals surface area (Å²) in [6, 6.07) is 13.7. The highest BCUT2D eigenvalue weighted by Crippen LogP contribution is 2.25. The summed E-state index contributed by atoms with van der Waals surface area (Å²) in [4.78, 5) is 2.48. The number of hydrogen-bond donors (Lipinski definition) is 0. The lowest BCUT2D eigenvalue weighted by Crippen LogP contribution is -2.38. The van der Waals surface area contributed by atoms with Gasteiger partial charge in [0.05, 0.1) is 12.7 Å². The Hall–Kier alpha value is -1.89. The molecule has 1 fully saturated rings. The van der Waals surface area contributed by atoms with Crippen molar-refractivity contribution in [2.24, 2.45) is 0 Å². The fourth-order valence-electron chi connectivity index (χ4n) is 2.81. The molecule has 3 rings (SSSR count). The smallest absolute Gasteiger partial charge is 0.339 e. The first-order valence-electron chi connectivity index (χ1n) is 8.43. The van der Waals surface area contributed by atoms with Crippen molar-refractivity contribution in [2.75, 3.05) is 26.2 Å². The zero-order valence-corrected chi connectivity index (χ0v) is 15.3. The van der Waals surface area contributed by atoms with E-state index in [-0.39, 0.29) is 11.0 Å². The second-order valence-corrected chi connectivity index (χ2v) is 7.72. The predicted octanol–water partition coefficient (Wildman–Crippen LogP) is 3.16. The van der Waals surface area contributed by atoms with Gasteiger partial charge in [0, 0.05) is 13.1 Å². The summed E-state index contributed by atoms with van der Waals surface area (Å²) in [6.45, 7) is 7.54. The molecule has 1 aliphatic rings. The molecule has 0 saturated carbocycles. The Bertz CT molecular complexity index is 800. The lowest BCUT2D eigenvalue weighted by atomic mass is 10.1. The second-order valence-electron chi connectivity index (χ2n) is 6.17. The van der Waals surface area contributed by atoms with Gasteiger partial charge < -0.3 is 8.92 Å². The standard InChI is InChI=1S/C19H23NO4S/c1-3-20-12-13-23-19(14-20)16-6-8-17(9-7-16)24-25(21,22)18-10-4-15(2)5-11-18/h4-11,19H,3,12-14H2,1-2H3/t19-/m1/s1. The van der Waals surface area contributed by atoms with E-state index < -0.39 is 10.1 Å². The Morgan fingerprint density at radius 3 is 2.44 bits per heavy atom. The average molecular weight is 361 g/mol. The van der Waals surface area contributed by atoms with Crippen LogP contribution >= 0.6 is 0 Å². The van der Waals surface area contributed by atoms with Gasteiger partial charge in [0.25, 0.3) is 0 Å². The van der Waals surface area contributed by atoms with Crippen LogP contribution in [0.15, 0.2) is 53.4 Å². The van der Waals surface area contributed by atoms with E-state index in [0.717, 1.165) is 30.8 Å². The molecule has 0 aromatic heterocycles. The van der Waals surface area contributed by atoms with E-state index >= 15 is 0 Å². The van der Waals surface area contributed by atoms with Crippen LogP contribution in [0.1, 0.15) is 24.2 Å². The van der Waals surface area contributed by atoms with E-state index in [4.69, 9.17) is 8.92 Å². The van der Waals surface area contributed by atoms with Gasteiger partial charge in [-0.15, -0.1) is 0 Å². The molecular weight excluding hydrogens is 338 g/mol. The lowest BCUT2D eigenvalue weighted by Gasteiger charge is -2.32. The summed E-state index contributed by atoms with van der Waals surface area (Å²) < 4.78 is 35.7. The molecule has 0 spiro atoms. The molecule has 0 N–H and O–H groups in total. The van der Waals surface area contributed by atoms with Crippen LogP contribution < -0.4 is 4.18 Å². The number of nitrogens with zero attached hydrogens (tertiary/aromatic N) is 1. The lowest BCUT2D eigenvalue weighted by molar-refractivity contribution is -0.0281. The van der Waals surface area contributed by atoms with Crippen molar-refractivity contribution in [2.45, 2.75) is 24.8 Å². The molecule has 134 valence electrons. The summed E-state index contributed by atoms with van der Waals surface area (Å²) in [5, 5.41) is 0. The van der Waals surface area contributed by atoms with Gasteiger partial charge in [0.1, 0.15) is 10.6 Å². The maximum Gasteiger partial charge on any atom is 0.339 e. The van der Waals surface area contributed by atoms with Gasteiger partial charge in [0.2, 0.25) is 0 Å². The van der Waals surface area contributed by atoms with E-state index in [1.807, 2.05) is 19.1 Å². The number of likely N-dealkylation sites (N-methyl/N-ethyl adjacent to an activating group) is 1. The first-order valence-corrected chi connectivity index (χ1v) is 9.84. The average Bonchev–Trinajstić information content (AvgIpc) is 2.62. The molecule has 0 bridgehead atoms. The van der Waals surface area contributed by atoms with Crippen molar-refractivity contribution in [1.82, 2.24) is 4.90 Å². The van der Waals surface area contributed by atoms with Crippen molar-refractivity contribution in [3.05, 3.63) is 59.7 Å². The van der Waals surface area contributed by atoms with Crippen LogP contribution in [0.2, 0.25) is 0 Å². The van der Waals surface area contributed by atoms with E-state index in [1.165, 1.54) is 0 Å². The van der Waals surface area contributed by atoms with Crippen molar-refractivity contribution in [3.8, 4) is 5.75 Å². The van der Waals surface area contributed by atoms with E-state index in [1.54, 1.807) is 36.4 Å². The largest absolute Gasteiger partial charge is 0.379 e. The zero-order valence-electron chi connectivity index (χ0n) is 14.5. The molecular formula is C19H23NO4S. The van der Waals surface area contributed by atoms with Crippen molar-refractivity contribution < 1.29 is 17.3 Å². The number of morpholine rings is 1. The van der Waals surface area contributed by atoms with Gasteiger partial charge in [0.15, 0.2) is 0 Å². The third kappa shape index (κ3) is 4.39. The quantitative estimate of drug-likeness (QED) is 0.766. The molecule has 2 aromatic carbocycles. The number of hydrogen-bond acceptors (Lipinski definition) is 5. The summed E-state index contributed by atoms with van der Waals surface area (Å²) in [5.41, 5.74) is 2.02. The zero-order chi connectivity index (χ0) is 17.9. The van der Waals surface area contributed by atoms with Gasteiger partial charge in [-0.05, 0) is 43.3 Å². The summed E-state index contributed by atoms with van der Waals surface area (Å²) in [7, 11) is -3.82. The molecule has 1 aliphatic heterocycles. The maximum absolute atomic E-state index is 12.3. The van der Waals surface area contributed by atoms with Crippen LogP contribution in [-0.2, 0) is 14.9 Å². The Balaban J connectivity index is 1.71. The molecule has 5 nitrogen and oxygen atoms in total. The van der Waals surface area contributed by atoms with Gasteiger partial charge in [-0.3, -0.25) is 4.90 Å². The van der Waals surface area contributed by atoms with Crippen molar-refractivity contribution in [1.29, 1.82) is 0 Å². The predicted molar refractivity (Wildman–Crippen MR) is 96.2 cm³/mol. The highest BCUT2D eigenvalue weighted by Gasteiger charge is 2.21. The minimum absolute atomic E-state index is 0.0106. The van der Waals surface area contributed by atoms with Crippen molar-refractivity contribution >= 4 is 10.1 Å². The third-order valence-electron chi connectivity index (χ3n) is 4.37. The SMILES string of the molecule is CCN1CCO[C@@H](c2ccc(OS(=O)(=O)c3ccc(C)cc3)cc2)C1. The number of benzene rings is 2. The Morgan fingerprint density at radius 2 is 1.80 bits per heavy atom. The summed E-state index contributed by atoms with van der Waals surface area (Å²) >= 11 is 0. The molecule has 0 amide bonds. The number of aryl methyl sites for hydroxylation is 1. The molecule has 6 heteroatoms. The Morgan fingerprint density at radius 1 is 1.12 bits per heavy atom. The highest BCUT2D eigenvalue weighted by atomic mass is 32.2. The van der Waals surface area contributed by atoms with Crippen LogP contribution in [0.25, 0.3) is 0 Å². The third-order valence-corrected chi connectivity index (χ3v) is 5.63. The minimum Gasteiger partial charge on any atom is -0.379 e. The molecule has 0 radical (unpaired) electrons. The molecule has 1 saturated heterocycles. The Labute approximate surface area is 149 Å². The number of ether oxygens (including phenoxy) is 1. The van der Waals surface area contributed by atoms with Crippen molar-refractivity contribution in [3.63, 3.8) is 0 Å². The second kappa shape index (κ2) is 7.56. The van der Waals surface area contributed by atoms with E-state index in [9.17, 15) is 8.42 Å². The first-order chi connectivity index (χ1) is 12.0. The maximum atomic E-state index is 12.3. The van der Waals surface area contributed by atoms with Crippen LogP contribution in [0.3, 0.4) is 0 Å². The fourth-order valence-corrected chi connectivity index (χ4v) is 3.74. The van der Waals surface area contributed by atoms with Crippen LogP contribution in [0.4, 0.5) is 0 Å².